The van der Waals surface area contributed by atoms with Gasteiger partial charge in [0.15, 0.2) is 0 Å². The minimum atomic E-state index is -0.292. The molecular weight excluding hydrogens is 295 g/mol. The molecule has 1 saturated heterocycles. The molecule has 126 valence electrons. The Bertz CT molecular complexity index is 542. The Kier molecular flexibility index (Phi) is 6.13. The fraction of sp³-hybridized carbons (Fsp3) is 0.556. The quantitative estimate of drug-likeness (QED) is 0.905. The maximum atomic E-state index is 12.9. The van der Waals surface area contributed by atoms with Crippen molar-refractivity contribution < 1.29 is 14.0 Å². The van der Waals surface area contributed by atoms with Gasteiger partial charge in [-0.2, -0.15) is 0 Å². The van der Waals surface area contributed by atoms with Crippen molar-refractivity contribution >= 4 is 11.8 Å². The van der Waals surface area contributed by atoms with Gasteiger partial charge < -0.3 is 10.2 Å². The summed E-state index contributed by atoms with van der Waals surface area (Å²) in [6.45, 7) is 5.80. The minimum Gasteiger partial charge on any atom is -0.356 e. The molecular formula is C18H25FN2O2. The summed E-state index contributed by atoms with van der Waals surface area (Å²) in [5, 5.41) is 2.95. The molecule has 1 aromatic rings. The third kappa shape index (κ3) is 5.34. The maximum absolute atomic E-state index is 12.9. The van der Waals surface area contributed by atoms with E-state index in [9.17, 15) is 14.0 Å². The molecule has 2 rings (SSSR count). The van der Waals surface area contributed by atoms with E-state index in [2.05, 4.69) is 5.32 Å². The Labute approximate surface area is 137 Å². The molecule has 2 amide bonds. The highest BCUT2D eigenvalue weighted by Gasteiger charge is 2.24. The van der Waals surface area contributed by atoms with E-state index in [1.54, 1.807) is 12.1 Å². The first kappa shape index (κ1) is 17.4. The lowest BCUT2D eigenvalue weighted by Gasteiger charge is -2.33. The van der Waals surface area contributed by atoms with Gasteiger partial charge in [0, 0.05) is 25.6 Å². The van der Waals surface area contributed by atoms with Crippen LogP contribution in [0.2, 0.25) is 0 Å². The normalized spacial score (nSPS) is 18.1. The molecule has 0 aliphatic carbocycles. The van der Waals surface area contributed by atoms with Crippen molar-refractivity contribution in [1.82, 2.24) is 10.2 Å². The molecule has 1 fully saturated rings. The fourth-order valence-corrected chi connectivity index (χ4v) is 2.80. The van der Waals surface area contributed by atoms with Crippen molar-refractivity contribution in [2.75, 3.05) is 19.6 Å². The number of halogens is 1. The van der Waals surface area contributed by atoms with Crippen LogP contribution in [0.15, 0.2) is 24.3 Å². The van der Waals surface area contributed by atoms with Crippen LogP contribution >= 0.6 is 0 Å². The number of carbonyl (C=O) groups is 2. The predicted octanol–water partition coefficient (Wildman–Crippen LogP) is 2.38. The SMILES string of the molecule is CC(C)C(=O)NCC1CCCN(C(=O)Cc2ccc(F)cc2)C1. The van der Waals surface area contributed by atoms with Gasteiger partial charge in [-0.05, 0) is 36.5 Å². The number of amides is 2. The molecule has 0 spiro atoms. The first-order valence-corrected chi connectivity index (χ1v) is 8.25. The smallest absolute Gasteiger partial charge is 0.226 e. The molecule has 1 aliphatic rings. The first-order chi connectivity index (χ1) is 11.0. The van der Waals surface area contributed by atoms with E-state index in [1.807, 2.05) is 18.7 Å². The molecule has 0 radical (unpaired) electrons. The number of likely N-dealkylation sites (tertiary alicyclic amines) is 1. The van der Waals surface area contributed by atoms with E-state index < -0.39 is 0 Å². The molecule has 1 N–H and O–H groups in total. The van der Waals surface area contributed by atoms with Crippen LogP contribution in [0.4, 0.5) is 4.39 Å². The Morgan fingerprint density at radius 2 is 2.00 bits per heavy atom. The topological polar surface area (TPSA) is 49.4 Å². The average Bonchev–Trinajstić information content (AvgIpc) is 2.54. The van der Waals surface area contributed by atoms with Gasteiger partial charge in [0.05, 0.1) is 6.42 Å². The van der Waals surface area contributed by atoms with Gasteiger partial charge in [-0.3, -0.25) is 9.59 Å². The van der Waals surface area contributed by atoms with Crippen LogP contribution in [0.25, 0.3) is 0 Å². The summed E-state index contributed by atoms with van der Waals surface area (Å²) < 4.78 is 12.9. The monoisotopic (exact) mass is 320 g/mol. The summed E-state index contributed by atoms with van der Waals surface area (Å²) in [6.07, 6.45) is 2.28. The number of hydrogen-bond acceptors (Lipinski definition) is 2. The van der Waals surface area contributed by atoms with E-state index in [-0.39, 0.29) is 23.5 Å². The summed E-state index contributed by atoms with van der Waals surface area (Å²) in [5.41, 5.74) is 0.826. The van der Waals surface area contributed by atoms with Crippen molar-refractivity contribution in [3.63, 3.8) is 0 Å². The predicted molar refractivity (Wildman–Crippen MR) is 87.3 cm³/mol. The van der Waals surface area contributed by atoms with Crippen molar-refractivity contribution in [3.8, 4) is 0 Å². The lowest BCUT2D eigenvalue weighted by atomic mass is 9.97. The zero-order chi connectivity index (χ0) is 16.8. The highest BCUT2D eigenvalue weighted by atomic mass is 19.1. The molecule has 1 aromatic carbocycles. The Morgan fingerprint density at radius 1 is 1.30 bits per heavy atom. The van der Waals surface area contributed by atoms with Crippen LogP contribution < -0.4 is 5.32 Å². The van der Waals surface area contributed by atoms with E-state index in [0.717, 1.165) is 24.9 Å². The van der Waals surface area contributed by atoms with Gasteiger partial charge >= 0.3 is 0 Å². The number of hydrogen-bond donors (Lipinski definition) is 1. The van der Waals surface area contributed by atoms with Crippen molar-refractivity contribution in [1.29, 1.82) is 0 Å². The second kappa shape index (κ2) is 8.09. The summed E-state index contributed by atoms with van der Waals surface area (Å²) in [5.74, 6) is 0.120. The molecule has 0 aromatic heterocycles. The van der Waals surface area contributed by atoms with Gasteiger partial charge in [0.25, 0.3) is 0 Å². The second-order valence-corrected chi connectivity index (χ2v) is 6.55. The summed E-state index contributed by atoms with van der Waals surface area (Å²) in [4.78, 5) is 25.9. The number of rotatable bonds is 5. The largest absolute Gasteiger partial charge is 0.356 e. The lowest BCUT2D eigenvalue weighted by molar-refractivity contribution is -0.132. The van der Waals surface area contributed by atoms with E-state index in [4.69, 9.17) is 0 Å². The highest BCUT2D eigenvalue weighted by molar-refractivity contribution is 5.79. The number of nitrogens with zero attached hydrogens (tertiary/aromatic N) is 1. The molecule has 5 heteroatoms. The molecule has 1 atom stereocenters. The molecule has 4 nitrogen and oxygen atoms in total. The van der Waals surface area contributed by atoms with Crippen LogP contribution in [0.3, 0.4) is 0 Å². The van der Waals surface area contributed by atoms with E-state index >= 15 is 0 Å². The molecule has 0 saturated carbocycles. The first-order valence-electron chi connectivity index (χ1n) is 8.25. The molecule has 23 heavy (non-hydrogen) atoms. The third-order valence-corrected chi connectivity index (χ3v) is 4.23. The summed E-state index contributed by atoms with van der Waals surface area (Å²) in [6, 6.07) is 6.06. The van der Waals surface area contributed by atoms with Gasteiger partial charge in [0.1, 0.15) is 5.82 Å². The third-order valence-electron chi connectivity index (χ3n) is 4.23. The lowest BCUT2D eigenvalue weighted by Crippen LogP contribution is -2.44. The fourth-order valence-electron chi connectivity index (χ4n) is 2.80. The standard InChI is InChI=1S/C18H25FN2O2/c1-13(2)18(23)20-11-15-4-3-9-21(12-15)17(22)10-14-5-7-16(19)8-6-14/h5-8,13,15H,3-4,9-12H2,1-2H3,(H,20,23). The zero-order valence-corrected chi connectivity index (χ0v) is 13.8. The number of benzene rings is 1. The van der Waals surface area contributed by atoms with Gasteiger partial charge in [-0.15, -0.1) is 0 Å². The number of piperidine rings is 1. The van der Waals surface area contributed by atoms with Crippen LogP contribution in [0, 0.1) is 17.7 Å². The maximum Gasteiger partial charge on any atom is 0.226 e. The molecule has 1 aliphatic heterocycles. The van der Waals surface area contributed by atoms with Crippen LogP contribution in [0.1, 0.15) is 32.3 Å². The van der Waals surface area contributed by atoms with Crippen molar-refractivity contribution in [2.24, 2.45) is 11.8 Å². The number of nitrogens with one attached hydrogen (secondary N) is 1. The Balaban J connectivity index is 1.83. The molecule has 1 unspecified atom stereocenters. The second-order valence-electron chi connectivity index (χ2n) is 6.55. The highest BCUT2D eigenvalue weighted by Crippen LogP contribution is 2.17. The minimum absolute atomic E-state index is 0.0187. The molecule has 0 bridgehead atoms. The van der Waals surface area contributed by atoms with Crippen molar-refractivity contribution in [2.45, 2.75) is 33.1 Å². The van der Waals surface area contributed by atoms with E-state index in [0.29, 0.717) is 25.4 Å². The van der Waals surface area contributed by atoms with Gasteiger partial charge in [0.2, 0.25) is 11.8 Å². The molecule has 1 heterocycles. The zero-order valence-electron chi connectivity index (χ0n) is 13.8. The Hall–Kier alpha value is -1.91. The van der Waals surface area contributed by atoms with Crippen LogP contribution in [-0.4, -0.2) is 36.3 Å². The van der Waals surface area contributed by atoms with Crippen LogP contribution in [0.5, 0.6) is 0 Å². The van der Waals surface area contributed by atoms with Crippen molar-refractivity contribution in [3.05, 3.63) is 35.6 Å². The van der Waals surface area contributed by atoms with Crippen LogP contribution in [-0.2, 0) is 16.0 Å². The van der Waals surface area contributed by atoms with Gasteiger partial charge in [-0.1, -0.05) is 26.0 Å². The number of carbonyl (C=O) groups excluding carboxylic acids is 2. The Morgan fingerprint density at radius 3 is 2.65 bits per heavy atom. The average molecular weight is 320 g/mol. The van der Waals surface area contributed by atoms with Gasteiger partial charge in [-0.25, -0.2) is 4.39 Å². The summed E-state index contributed by atoms with van der Waals surface area (Å²) in [7, 11) is 0. The summed E-state index contributed by atoms with van der Waals surface area (Å²) >= 11 is 0. The van der Waals surface area contributed by atoms with E-state index in [1.165, 1.54) is 12.1 Å².